The molecule has 362 valence electrons. The van der Waals surface area contributed by atoms with Crippen molar-refractivity contribution in [3.63, 3.8) is 0 Å². The fraction of sp³-hybridized carbons (Fsp3) is 0.839. The van der Waals surface area contributed by atoms with Gasteiger partial charge < -0.3 is 14.2 Å². The van der Waals surface area contributed by atoms with E-state index in [2.05, 4.69) is 57.2 Å². The minimum Gasteiger partial charge on any atom is -0.462 e. The van der Waals surface area contributed by atoms with Crippen LogP contribution in [0.4, 0.5) is 0 Å². The fourth-order valence-corrected chi connectivity index (χ4v) is 7.75. The first-order valence-corrected chi connectivity index (χ1v) is 27.0. The average molecular weight is 871 g/mol. The van der Waals surface area contributed by atoms with Crippen LogP contribution in [-0.2, 0) is 28.6 Å². The van der Waals surface area contributed by atoms with Crippen LogP contribution in [0.2, 0.25) is 0 Å². The Morgan fingerprint density at radius 2 is 0.597 bits per heavy atom. The highest BCUT2D eigenvalue weighted by Crippen LogP contribution is 2.15. The lowest BCUT2D eigenvalue weighted by molar-refractivity contribution is -0.167. The minimum atomic E-state index is -0.777. The number of ether oxygens (including phenoxy) is 3. The predicted octanol–water partition coefficient (Wildman–Crippen LogP) is 17.7. The highest BCUT2D eigenvalue weighted by molar-refractivity contribution is 5.71. The van der Waals surface area contributed by atoms with Crippen molar-refractivity contribution in [3.8, 4) is 0 Å². The van der Waals surface area contributed by atoms with Gasteiger partial charge in [0.2, 0.25) is 0 Å². The first-order valence-electron chi connectivity index (χ1n) is 27.0. The predicted molar refractivity (Wildman–Crippen MR) is 266 cm³/mol. The first kappa shape index (κ1) is 59.6. The summed E-state index contributed by atoms with van der Waals surface area (Å²) in [6.45, 7) is 6.60. The van der Waals surface area contributed by atoms with Crippen LogP contribution in [0.1, 0.15) is 284 Å². The summed E-state index contributed by atoms with van der Waals surface area (Å²) in [5, 5.41) is 0. The zero-order chi connectivity index (χ0) is 45.1. The summed E-state index contributed by atoms with van der Waals surface area (Å²) in [6, 6.07) is 0. The molecule has 0 radical (unpaired) electrons. The smallest absolute Gasteiger partial charge is 0.306 e. The highest BCUT2D eigenvalue weighted by Gasteiger charge is 2.19. The lowest BCUT2D eigenvalue weighted by Gasteiger charge is -2.18. The number of hydrogen-bond acceptors (Lipinski definition) is 6. The zero-order valence-corrected chi connectivity index (χ0v) is 41.4. The molecule has 0 aromatic rings. The van der Waals surface area contributed by atoms with Gasteiger partial charge in [-0.2, -0.15) is 0 Å². The summed E-state index contributed by atoms with van der Waals surface area (Å²) in [5.41, 5.74) is 0. The topological polar surface area (TPSA) is 78.9 Å². The van der Waals surface area contributed by atoms with Gasteiger partial charge in [-0.1, -0.05) is 231 Å². The van der Waals surface area contributed by atoms with E-state index in [1.165, 1.54) is 161 Å². The van der Waals surface area contributed by atoms with E-state index < -0.39 is 6.10 Å². The molecule has 1 atom stereocenters. The van der Waals surface area contributed by atoms with Crippen molar-refractivity contribution >= 4 is 17.9 Å². The molecule has 0 heterocycles. The van der Waals surface area contributed by atoms with E-state index in [0.717, 1.165) is 83.5 Å². The van der Waals surface area contributed by atoms with Gasteiger partial charge in [-0.3, -0.25) is 14.4 Å². The second kappa shape index (κ2) is 51.3. The van der Waals surface area contributed by atoms with Gasteiger partial charge >= 0.3 is 17.9 Å². The molecule has 0 N–H and O–H groups in total. The van der Waals surface area contributed by atoms with Gasteiger partial charge in [0.15, 0.2) is 6.10 Å². The summed E-state index contributed by atoms with van der Waals surface area (Å²) in [7, 11) is 0. The van der Waals surface area contributed by atoms with Crippen LogP contribution >= 0.6 is 0 Å². The Bertz CT molecular complexity index is 1050. The molecule has 0 aliphatic heterocycles. The summed E-state index contributed by atoms with van der Waals surface area (Å²) >= 11 is 0. The number of hydrogen-bond donors (Lipinski definition) is 0. The Balaban J connectivity index is 4.36. The van der Waals surface area contributed by atoms with Gasteiger partial charge in [0.1, 0.15) is 13.2 Å². The van der Waals surface area contributed by atoms with Crippen LogP contribution in [0.25, 0.3) is 0 Å². The number of carbonyl (C=O) groups is 3. The number of unbranched alkanes of at least 4 members (excludes halogenated alkanes) is 32. The van der Waals surface area contributed by atoms with Crippen LogP contribution < -0.4 is 0 Å². The van der Waals surface area contributed by atoms with Crippen molar-refractivity contribution in [1.82, 2.24) is 0 Å². The van der Waals surface area contributed by atoms with E-state index >= 15 is 0 Å². The molecule has 0 unspecified atom stereocenters. The molecule has 0 bridgehead atoms. The van der Waals surface area contributed by atoms with Crippen LogP contribution in [-0.4, -0.2) is 37.2 Å². The zero-order valence-electron chi connectivity index (χ0n) is 41.4. The first-order chi connectivity index (χ1) is 30.5. The number of allylic oxidation sites excluding steroid dienone is 6. The van der Waals surface area contributed by atoms with Gasteiger partial charge in [0.05, 0.1) is 0 Å². The molecule has 0 aromatic carbocycles. The van der Waals surface area contributed by atoms with Crippen LogP contribution in [0.3, 0.4) is 0 Å². The summed E-state index contributed by atoms with van der Waals surface area (Å²) < 4.78 is 16.8. The lowest BCUT2D eigenvalue weighted by Crippen LogP contribution is -2.30. The van der Waals surface area contributed by atoms with Crippen molar-refractivity contribution in [2.75, 3.05) is 13.2 Å². The van der Waals surface area contributed by atoms with Gasteiger partial charge in [-0.05, 0) is 70.6 Å². The molecule has 0 aromatic heterocycles. The van der Waals surface area contributed by atoms with Gasteiger partial charge in [0.25, 0.3) is 0 Å². The standard InChI is InChI=1S/C56H102O6/c1-4-7-10-13-16-19-22-25-27-28-29-32-34-37-40-43-46-49-55(58)61-52-53(51-60-54(57)48-45-42-39-36-33-30-24-21-18-15-12-9-6-3)62-56(59)50-47-44-41-38-35-31-26-23-20-17-14-11-8-5-2/h14,17,23,25-27,53H,4-13,15-16,18-22,24,28-52H2,1-3H3/b17-14-,26-23-,27-25-/t53-/m1/s1. The Morgan fingerprint density at radius 3 is 0.952 bits per heavy atom. The highest BCUT2D eigenvalue weighted by atomic mass is 16.6. The fourth-order valence-electron chi connectivity index (χ4n) is 7.75. The monoisotopic (exact) mass is 871 g/mol. The molecule has 0 amide bonds. The minimum absolute atomic E-state index is 0.0761. The molecule has 6 nitrogen and oxygen atoms in total. The molecule has 0 aliphatic carbocycles. The maximum atomic E-state index is 12.8. The molecule has 0 saturated carbocycles. The largest absolute Gasteiger partial charge is 0.462 e. The molecule has 62 heavy (non-hydrogen) atoms. The Labute approximate surface area is 385 Å². The van der Waals surface area contributed by atoms with Crippen molar-refractivity contribution in [2.24, 2.45) is 0 Å². The van der Waals surface area contributed by atoms with Crippen molar-refractivity contribution in [1.29, 1.82) is 0 Å². The Kier molecular flexibility index (Phi) is 49.3. The van der Waals surface area contributed by atoms with Crippen molar-refractivity contribution in [3.05, 3.63) is 36.5 Å². The van der Waals surface area contributed by atoms with E-state index in [4.69, 9.17) is 14.2 Å². The molecule has 0 spiro atoms. The third kappa shape index (κ3) is 48.7. The molecular weight excluding hydrogens is 769 g/mol. The van der Waals surface area contributed by atoms with E-state index in [0.29, 0.717) is 19.3 Å². The molecular formula is C56H102O6. The van der Waals surface area contributed by atoms with Crippen LogP contribution in [0.5, 0.6) is 0 Å². The van der Waals surface area contributed by atoms with Crippen LogP contribution in [0.15, 0.2) is 36.5 Å². The molecule has 0 saturated heterocycles. The van der Waals surface area contributed by atoms with Gasteiger partial charge in [-0.25, -0.2) is 0 Å². The third-order valence-electron chi connectivity index (χ3n) is 11.9. The quantitative estimate of drug-likeness (QED) is 0.0262. The van der Waals surface area contributed by atoms with E-state index in [1.54, 1.807) is 0 Å². The maximum absolute atomic E-state index is 12.8. The summed E-state index contributed by atoms with van der Waals surface area (Å²) in [5.74, 6) is -0.883. The summed E-state index contributed by atoms with van der Waals surface area (Å²) in [6.07, 6.45) is 59.8. The van der Waals surface area contributed by atoms with Crippen LogP contribution in [0, 0.1) is 0 Å². The molecule has 0 aliphatic rings. The third-order valence-corrected chi connectivity index (χ3v) is 11.9. The van der Waals surface area contributed by atoms with E-state index in [1.807, 2.05) is 0 Å². The maximum Gasteiger partial charge on any atom is 0.306 e. The normalized spacial score (nSPS) is 12.2. The van der Waals surface area contributed by atoms with E-state index in [-0.39, 0.29) is 31.1 Å². The molecule has 0 fully saturated rings. The SMILES string of the molecule is CCCC/C=C\C/C=C\CCCCCCCC(=O)O[C@@H](COC(=O)CCCCCCCCC/C=C\CCCCCCCC)COC(=O)CCCCCCCCCCCCCCC. The van der Waals surface area contributed by atoms with Crippen molar-refractivity contribution in [2.45, 2.75) is 290 Å². The summed E-state index contributed by atoms with van der Waals surface area (Å²) in [4.78, 5) is 38.0. The van der Waals surface area contributed by atoms with Gasteiger partial charge in [0, 0.05) is 19.3 Å². The number of rotatable bonds is 49. The van der Waals surface area contributed by atoms with Crippen molar-refractivity contribution < 1.29 is 28.6 Å². The van der Waals surface area contributed by atoms with E-state index in [9.17, 15) is 14.4 Å². The average Bonchev–Trinajstić information content (AvgIpc) is 3.27. The second-order valence-electron chi connectivity index (χ2n) is 18.1. The lowest BCUT2D eigenvalue weighted by atomic mass is 10.0. The Morgan fingerprint density at radius 1 is 0.323 bits per heavy atom. The Hall–Kier alpha value is -2.37. The number of carbonyl (C=O) groups excluding carboxylic acids is 3. The number of esters is 3. The van der Waals surface area contributed by atoms with Gasteiger partial charge in [-0.15, -0.1) is 0 Å². The second-order valence-corrected chi connectivity index (χ2v) is 18.1. The molecule has 6 heteroatoms. The molecule has 0 rings (SSSR count).